The van der Waals surface area contributed by atoms with E-state index in [-0.39, 0.29) is 5.91 Å². The number of hydrogen-bond acceptors (Lipinski definition) is 3. The highest BCUT2D eigenvalue weighted by molar-refractivity contribution is 9.10. The summed E-state index contributed by atoms with van der Waals surface area (Å²) in [6.45, 7) is 4.23. The zero-order valence-corrected chi connectivity index (χ0v) is 13.7. The molecule has 1 saturated heterocycles. The summed E-state index contributed by atoms with van der Waals surface area (Å²) in [6.07, 6.45) is 1.58. The van der Waals surface area contributed by atoms with Gasteiger partial charge < -0.3 is 15.7 Å². The highest BCUT2D eigenvalue weighted by Crippen LogP contribution is 2.36. The van der Waals surface area contributed by atoms with Crippen LogP contribution in [-0.4, -0.2) is 34.5 Å². The van der Waals surface area contributed by atoms with Gasteiger partial charge in [0.15, 0.2) is 0 Å². The fourth-order valence-corrected chi connectivity index (χ4v) is 3.49. The third-order valence-electron chi connectivity index (χ3n) is 3.93. The molecule has 1 unspecified atom stereocenters. The van der Waals surface area contributed by atoms with Crippen LogP contribution in [0, 0.1) is 5.41 Å². The van der Waals surface area contributed by atoms with Crippen molar-refractivity contribution < 1.29 is 14.7 Å². The maximum absolute atomic E-state index is 12.7. The van der Waals surface area contributed by atoms with Crippen molar-refractivity contribution in [3.05, 3.63) is 28.2 Å². The molecule has 0 aliphatic carbocycles. The van der Waals surface area contributed by atoms with Crippen molar-refractivity contribution in [2.45, 2.75) is 32.7 Å². The van der Waals surface area contributed by atoms with E-state index in [1.807, 2.05) is 13.8 Å². The second kappa shape index (κ2) is 5.67. The van der Waals surface area contributed by atoms with Gasteiger partial charge in [-0.1, -0.05) is 29.8 Å². The third kappa shape index (κ3) is 3.20. The first-order valence-electron chi connectivity index (χ1n) is 6.82. The summed E-state index contributed by atoms with van der Waals surface area (Å²) < 4.78 is 0.703. The lowest BCUT2D eigenvalue weighted by Crippen LogP contribution is -2.56. The molecule has 1 aliphatic rings. The van der Waals surface area contributed by atoms with Crippen molar-refractivity contribution in [2.75, 3.05) is 12.3 Å². The maximum Gasteiger partial charge on any atom is 0.326 e. The van der Waals surface area contributed by atoms with Gasteiger partial charge in [0.05, 0.1) is 0 Å². The Morgan fingerprint density at radius 1 is 1.38 bits per heavy atom. The van der Waals surface area contributed by atoms with Gasteiger partial charge >= 0.3 is 5.97 Å². The van der Waals surface area contributed by atoms with Crippen molar-refractivity contribution >= 4 is 33.5 Å². The van der Waals surface area contributed by atoms with Crippen LogP contribution < -0.4 is 5.73 Å². The van der Waals surface area contributed by atoms with Crippen LogP contribution in [0.5, 0.6) is 0 Å². The van der Waals surface area contributed by atoms with Gasteiger partial charge in [-0.05, 0) is 36.5 Å². The molecule has 6 heteroatoms. The minimum absolute atomic E-state index is 0.289. The lowest BCUT2D eigenvalue weighted by atomic mass is 9.76. The minimum Gasteiger partial charge on any atom is -0.480 e. The largest absolute Gasteiger partial charge is 0.480 e. The first kappa shape index (κ1) is 15.8. The van der Waals surface area contributed by atoms with Crippen molar-refractivity contribution in [1.29, 1.82) is 0 Å². The smallest absolute Gasteiger partial charge is 0.326 e. The van der Waals surface area contributed by atoms with Gasteiger partial charge in [-0.15, -0.1) is 0 Å². The number of aliphatic carboxylic acids is 1. The molecule has 2 rings (SSSR count). The monoisotopic (exact) mass is 354 g/mol. The predicted molar refractivity (Wildman–Crippen MR) is 84.0 cm³/mol. The molecule has 1 amide bonds. The SMILES string of the molecule is CC1(C)CCCN(C(=O)c2cc(N)cc(Br)c2)C1C(=O)O. The lowest BCUT2D eigenvalue weighted by Gasteiger charge is -2.44. The molecule has 1 aromatic rings. The summed E-state index contributed by atoms with van der Waals surface area (Å²) in [5, 5.41) is 9.52. The molecule has 0 aromatic heterocycles. The zero-order chi connectivity index (χ0) is 15.8. The molecule has 0 bridgehead atoms. The summed E-state index contributed by atoms with van der Waals surface area (Å²) >= 11 is 3.30. The average molecular weight is 355 g/mol. The number of nitrogen functional groups attached to an aromatic ring is 1. The van der Waals surface area contributed by atoms with Gasteiger partial charge in [0.2, 0.25) is 0 Å². The Bertz CT molecular complexity index is 566. The van der Waals surface area contributed by atoms with E-state index < -0.39 is 17.4 Å². The Balaban J connectivity index is 2.38. The number of carbonyl (C=O) groups excluding carboxylic acids is 1. The number of carboxylic acids is 1. The van der Waals surface area contributed by atoms with E-state index in [0.717, 1.165) is 12.8 Å². The molecule has 0 spiro atoms. The van der Waals surface area contributed by atoms with Crippen molar-refractivity contribution in [3.8, 4) is 0 Å². The van der Waals surface area contributed by atoms with Crippen LogP contribution in [0.25, 0.3) is 0 Å². The number of halogens is 1. The van der Waals surface area contributed by atoms with E-state index in [1.54, 1.807) is 18.2 Å². The Morgan fingerprint density at radius 3 is 2.62 bits per heavy atom. The van der Waals surface area contributed by atoms with Gasteiger partial charge in [0.1, 0.15) is 6.04 Å². The number of rotatable bonds is 2. The second-order valence-electron chi connectivity index (χ2n) is 6.10. The van der Waals surface area contributed by atoms with E-state index in [1.165, 1.54) is 4.90 Å². The summed E-state index contributed by atoms with van der Waals surface area (Å²) in [5.74, 6) is -1.25. The van der Waals surface area contributed by atoms with Gasteiger partial charge in [-0.25, -0.2) is 4.79 Å². The molecule has 1 atom stereocenters. The Hall–Kier alpha value is -1.56. The van der Waals surface area contributed by atoms with Crippen LogP contribution in [0.4, 0.5) is 5.69 Å². The molecular formula is C15H19BrN2O3. The fourth-order valence-electron chi connectivity index (χ4n) is 2.98. The Kier molecular flexibility index (Phi) is 4.27. The first-order chi connectivity index (χ1) is 9.72. The fraction of sp³-hybridized carbons (Fsp3) is 0.467. The number of piperidine rings is 1. The van der Waals surface area contributed by atoms with Crippen LogP contribution in [0.1, 0.15) is 37.0 Å². The summed E-state index contributed by atoms with van der Waals surface area (Å²) in [6, 6.07) is 4.12. The molecule has 5 nitrogen and oxygen atoms in total. The molecule has 1 fully saturated rings. The average Bonchev–Trinajstić information content (AvgIpc) is 2.34. The lowest BCUT2D eigenvalue weighted by molar-refractivity contribution is -0.148. The third-order valence-corrected chi connectivity index (χ3v) is 4.39. The molecule has 21 heavy (non-hydrogen) atoms. The van der Waals surface area contributed by atoms with Crippen molar-refractivity contribution in [3.63, 3.8) is 0 Å². The first-order valence-corrected chi connectivity index (χ1v) is 7.61. The molecule has 1 aromatic carbocycles. The van der Waals surface area contributed by atoms with Crippen LogP contribution >= 0.6 is 15.9 Å². The highest BCUT2D eigenvalue weighted by Gasteiger charge is 2.44. The van der Waals surface area contributed by atoms with Crippen LogP contribution in [-0.2, 0) is 4.79 Å². The Morgan fingerprint density at radius 2 is 2.05 bits per heavy atom. The van der Waals surface area contributed by atoms with E-state index in [4.69, 9.17) is 5.73 Å². The number of anilines is 1. The van der Waals surface area contributed by atoms with E-state index in [9.17, 15) is 14.7 Å². The van der Waals surface area contributed by atoms with Gasteiger partial charge in [0.25, 0.3) is 5.91 Å². The molecular weight excluding hydrogens is 336 g/mol. The standard InChI is InChI=1S/C15H19BrN2O3/c1-15(2)4-3-5-18(12(15)14(20)21)13(19)9-6-10(16)8-11(17)7-9/h6-8,12H,3-5,17H2,1-2H3,(H,20,21). The number of likely N-dealkylation sites (tertiary alicyclic amines) is 1. The number of carboxylic acid groups (broad SMARTS) is 1. The van der Waals surface area contributed by atoms with Crippen molar-refractivity contribution in [2.24, 2.45) is 5.41 Å². The predicted octanol–water partition coefficient (Wildman–Crippen LogP) is 2.75. The second-order valence-corrected chi connectivity index (χ2v) is 7.02. The molecule has 0 saturated carbocycles. The summed E-state index contributed by atoms with van der Waals surface area (Å²) in [5.41, 5.74) is 6.19. The van der Waals surface area contributed by atoms with Crippen LogP contribution in [0.3, 0.4) is 0 Å². The van der Waals surface area contributed by atoms with Crippen LogP contribution in [0.2, 0.25) is 0 Å². The number of benzene rings is 1. The number of nitrogens with two attached hydrogens (primary N) is 1. The zero-order valence-electron chi connectivity index (χ0n) is 12.1. The number of nitrogens with zero attached hydrogens (tertiary/aromatic N) is 1. The van der Waals surface area contributed by atoms with Gasteiger partial charge in [0, 0.05) is 22.3 Å². The van der Waals surface area contributed by atoms with Gasteiger partial charge in [-0.3, -0.25) is 4.79 Å². The molecule has 114 valence electrons. The summed E-state index contributed by atoms with van der Waals surface area (Å²) in [4.78, 5) is 25.8. The molecule has 3 N–H and O–H groups in total. The number of carbonyl (C=O) groups is 2. The van der Waals surface area contributed by atoms with Gasteiger partial charge in [-0.2, -0.15) is 0 Å². The molecule has 1 heterocycles. The molecule has 0 radical (unpaired) electrons. The maximum atomic E-state index is 12.7. The Labute approximate surface area is 132 Å². The highest BCUT2D eigenvalue weighted by atomic mass is 79.9. The van der Waals surface area contributed by atoms with E-state index in [0.29, 0.717) is 22.3 Å². The van der Waals surface area contributed by atoms with Crippen molar-refractivity contribution in [1.82, 2.24) is 4.90 Å². The summed E-state index contributed by atoms with van der Waals surface area (Å²) in [7, 11) is 0. The van der Waals surface area contributed by atoms with E-state index in [2.05, 4.69) is 15.9 Å². The minimum atomic E-state index is -0.962. The normalized spacial score (nSPS) is 21.1. The number of amides is 1. The molecule has 1 aliphatic heterocycles. The van der Waals surface area contributed by atoms with Crippen LogP contribution in [0.15, 0.2) is 22.7 Å². The quantitative estimate of drug-likeness (QED) is 0.799. The number of hydrogen-bond donors (Lipinski definition) is 2. The van der Waals surface area contributed by atoms with E-state index >= 15 is 0 Å². The topological polar surface area (TPSA) is 83.6 Å².